The van der Waals surface area contributed by atoms with Crippen LogP contribution in [0.1, 0.15) is 39.5 Å². The van der Waals surface area contributed by atoms with Gasteiger partial charge >= 0.3 is 0 Å². The van der Waals surface area contributed by atoms with Crippen molar-refractivity contribution in [2.24, 2.45) is 5.84 Å². The molecule has 1 saturated heterocycles. The zero-order valence-corrected chi connectivity index (χ0v) is 10.9. The molecule has 0 aromatic heterocycles. The topological polar surface area (TPSA) is 67.6 Å². The third-order valence-corrected chi connectivity index (χ3v) is 3.08. The summed E-state index contributed by atoms with van der Waals surface area (Å²) in [6.07, 6.45) is 3.85. The van der Waals surface area contributed by atoms with Gasteiger partial charge in [-0.15, -0.1) is 0 Å². The Kier molecular flexibility index (Phi) is 6.47. The summed E-state index contributed by atoms with van der Waals surface area (Å²) in [5, 5.41) is 0. The number of rotatable bonds is 7. The highest BCUT2D eigenvalue weighted by atomic mass is 16.5. The van der Waals surface area contributed by atoms with Crippen molar-refractivity contribution in [3.63, 3.8) is 0 Å². The highest BCUT2D eigenvalue weighted by molar-refractivity contribution is 5.80. The van der Waals surface area contributed by atoms with Crippen molar-refractivity contribution >= 4 is 5.91 Å². The Balaban J connectivity index is 2.34. The molecule has 0 aliphatic carbocycles. The summed E-state index contributed by atoms with van der Waals surface area (Å²) in [5.41, 5.74) is 2.15. The van der Waals surface area contributed by atoms with Gasteiger partial charge in [0.05, 0.1) is 6.10 Å². The summed E-state index contributed by atoms with van der Waals surface area (Å²) < 4.78 is 5.70. The summed E-state index contributed by atoms with van der Waals surface area (Å²) in [7, 11) is 0. The fourth-order valence-electron chi connectivity index (χ4n) is 2.34. The number of hydrogen-bond acceptors (Lipinski definition) is 4. The van der Waals surface area contributed by atoms with Crippen LogP contribution in [0.2, 0.25) is 0 Å². The number of ether oxygens (including phenoxy) is 1. The maximum absolute atomic E-state index is 11.3. The van der Waals surface area contributed by atoms with E-state index in [9.17, 15) is 4.79 Å². The van der Waals surface area contributed by atoms with Crippen molar-refractivity contribution in [2.45, 2.75) is 51.7 Å². The van der Waals surface area contributed by atoms with Crippen LogP contribution in [0.4, 0.5) is 0 Å². The van der Waals surface area contributed by atoms with E-state index < -0.39 is 0 Å². The van der Waals surface area contributed by atoms with E-state index in [1.54, 1.807) is 0 Å². The van der Waals surface area contributed by atoms with Crippen LogP contribution in [0.3, 0.4) is 0 Å². The number of carbonyl (C=O) groups excluding carboxylic acids is 1. The number of nitrogens with one attached hydrogen (secondary N) is 1. The summed E-state index contributed by atoms with van der Waals surface area (Å²) in [5.74, 6) is 4.90. The number of nitrogens with two attached hydrogens (primary N) is 1. The van der Waals surface area contributed by atoms with Gasteiger partial charge in [-0.2, -0.15) is 0 Å². The van der Waals surface area contributed by atoms with Crippen molar-refractivity contribution in [1.82, 2.24) is 10.3 Å². The molecule has 0 spiro atoms. The molecule has 0 radical (unpaired) electrons. The average molecular weight is 243 g/mol. The first-order chi connectivity index (χ1) is 8.21. The molecular weight excluding hydrogens is 218 g/mol. The van der Waals surface area contributed by atoms with Gasteiger partial charge in [0.1, 0.15) is 6.10 Å². The second-order valence-electron chi connectivity index (χ2n) is 4.63. The minimum Gasteiger partial charge on any atom is -0.364 e. The molecule has 1 heterocycles. The first kappa shape index (κ1) is 14.4. The Labute approximate surface area is 104 Å². The standard InChI is InChI=1S/C12H25N3O2/c1-3-7-15(8-4-2)9-10-5-6-11(17-10)12(16)14-13/h10-11H,3-9,13H2,1-2H3,(H,14,16). The largest absolute Gasteiger partial charge is 0.364 e. The van der Waals surface area contributed by atoms with Gasteiger partial charge in [-0.25, -0.2) is 5.84 Å². The van der Waals surface area contributed by atoms with Crippen LogP contribution >= 0.6 is 0 Å². The molecular formula is C12H25N3O2. The molecule has 1 amide bonds. The normalized spacial score (nSPS) is 24.2. The summed E-state index contributed by atoms with van der Waals surface area (Å²) in [4.78, 5) is 13.7. The molecule has 1 aliphatic heterocycles. The van der Waals surface area contributed by atoms with Crippen LogP contribution in [-0.4, -0.2) is 42.6 Å². The van der Waals surface area contributed by atoms with Gasteiger partial charge in [0, 0.05) is 6.54 Å². The van der Waals surface area contributed by atoms with E-state index in [1.165, 1.54) is 0 Å². The highest BCUT2D eigenvalue weighted by Gasteiger charge is 2.30. The lowest BCUT2D eigenvalue weighted by molar-refractivity contribution is -0.132. The number of carbonyl (C=O) groups is 1. The van der Waals surface area contributed by atoms with Gasteiger partial charge < -0.3 is 9.64 Å². The number of hydrazine groups is 1. The van der Waals surface area contributed by atoms with Crippen LogP contribution in [0.5, 0.6) is 0 Å². The average Bonchev–Trinajstić information content (AvgIpc) is 2.77. The number of nitrogens with zero attached hydrogens (tertiary/aromatic N) is 1. The molecule has 2 unspecified atom stereocenters. The molecule has 0 aromatic carbocycles. The van der Waals surface area contributed by atoms with E-state index in [4.69, 9.17) is 10.6 Å². The second-order valence-corrected chi connectivity index (χ2v) is 4.63. The molecule has 5 heteroatoms. The Hall–Kier alpha value is -0.650. The SMILES string of the molecule is CCCN(CCC)CC1CCC(C(=O)NN)O1. The highest BCUT2D eigenvalue weighted by Crippen LogP contribution is 2.20. The molecule has 0 saturated carbocycles. The van der Waals surface area contributed by atoms with Crippen LogP contribution in [-0.2, 0) is 9.53 Å². The maximum Gasteiger partial charge on any atom is 0.263 e. The van der Waals surface area contributed by atoms with E-state index >= 15 is 0 Å². The lowest BCUT2D eigenvalue weighted by Crippen LogP contribution is -2.40. The van der Waals surface area contributed by atoms with Gasteiger partial charge in [0.15, 0.2) is 0 Å². The fourth-order valence-corrected chi connectivity index (χ4v) is 2.34. The van der Waals surface area contributed by atoms with Crippen molar-refractivity contribution in [2.75, 3.05) is 19.6 Å². The molecule has 1 fully saturated rings. The molecule has 1 rings (SSSR count). The molecule has 0 bridgehead atoms. The van der Waals surface area contributed by atoms with Crippen molar-refractivity contribution in [1.29, 1.82) is 0 Å². The predicted molar refractivity (Wildman–Crippen MR) is 67.2 cm³/mol. The molecule has 0 aromatic rings. The zero-order chi connectivity index (χ0) is 12.7. The smallest absolute Gasteiger partial charge is 0.263 e. The van der Waals surface area contributed by atoms with E-state index in [-0.39, 0.29) is 18.1 Å². The monoisotopic (exact) mass is 243 g/mol. The zero-order valence-electron chi connectivity index (χ0n) is 10.9. The minimum absolute atomic E-state index is 0.176. The van der Waals surface area contributed by atoms with E-state index in [0.717, 1.165) is 45.3 Å². The minimum atomic E-state index is -0.352. The van der Waals surface area contributed by atoms with Gasteiger partial charge in [-0.1, -0.05) is 13.8 Å². The Bertz CT molecular complexity index is 230. The van der Waals surface area contributed by atoms with Crippen molar-refractivity contribution in [3.05, 3.63) is 0 Å². The van der Waals surface area contributed by atoms with Crippen molar-refractivity contribution in [3.8, 4) is 0 Å². The Morgan fingerprint density at radius 3 is 2.53 bits per heavy atom. The first-order valence-electron chi connectivity index (χ1n) is 6.59. The lowest BCUT2D eigenvalue weighted by atomic mass is 10.2. The van der Waals surface area contributed by atoms with Gasteiger partial charge in [-0.3, -0.25) is 10.2 Å². The molecule has 5 nitrogen and oxygen atoms in total. The van der Waals surface area contributed by atoms with E-state index in [2.05, 4.69) is 24.2 Å². The summed E-state index contributed by atoms with van der Waals surface area (Å²) in [6, 6.07) is 0. The molecule has 17 heavy (non-hydrogen) atoms. The van der Waals surface area contributed by atoms with Gasteiger partial charge in [0.2, 0.25) is 0 Å². The van der Waals surface area contributed by atoms with Crippen LogP contribution in [0.15, 0.2) is 0 Å². The lowest BCUT2D eigenvalue weighted by Gasteiger charge is -2.24. The van der Waals surface area contributed by atoms with Crippen molar-refractivity contribution < 1.29 is 9.53 Å². The molecule has 3 N–H and O–H groups in total. The van der Waals surface area contributed by atoms with Gasteiger partial charge in [-0.05, 0) is 38.8 Å². The molecule has 100 valence electrons. The summed E-state index contributed by atoms with van der Waals surface area (Å²) in [6.45, 7) is 7.49. The third kappa shape index (κ3) is 4.61. The Morgan fingerprint density at radius 1 is 1.35 bits per heavy atom. The predicted octanol–water partition coefficient (Wildman–Crippen LogP) is 0.646. The number of amides is 1. The summed E-state index contributed by atoms with van der Waals surface area (Å²) >= 11 is 0. The maximum atomic E-state index is 11.3. The van der Waals surface area contributed by atoms with E-state index in [0.29, 0.717) is 0 Å². The fraction of sp³-hybridized carbons (Fsp3) is 0.917. The van der Waals surface area contributed by atoms with Crippen LogP contribution in [0.25, 0.3) is 0 Å². The quantitative estimate of drug-likeness (QED) is 0.391. The van der Waals surface area contributed by atoms with Crippen LogP contribution in [0, 0.1) is 0 Å². The second kappa shape index (κ2) is 7.63. The molecule has 2 atom stereocenters. The van der Waals surface area contributed by atoms with Crippen LogP contribution < -0.4 is 11.3 Å². The third-order valence-electron chi connectivity index (χ3n) is 3.08. The Morgan fingerprint density at radius 2 is 2.00 bits per heavy atom. The number of hydrogen-bond donors (Lipinski definition) is 2. The first-order valence-corrected chi connectivity index (χ1v) is 6.59. The van der Waals surface area contributed by atoms with Gasteiger partial charge in [0.25, 0.3) is 5.91 Å². The van der Waals surface area contributed by atoms with E-state index in [1.807, 2.05) is 0 Å². The molecule has 1 aliphatic rings.